The first-order chi connectivity index (χ1) is 6.60. The summed E-state index contributed by atoms with van der Waals surface area (Å²) in [5.74, 6) is 0. The van der Waals surface area contributed by atoms with Gasteiger partial charge in [0.15, 0.2) is 6.35 Å². The van der Waals surface area contributed by atoms with Crippen molar-refractivity contribution in [2.45, 2.75) is 25.7 Å². The van der Waals surface area contributed by atoms with E-state index in [4.69, 9.17) is 24.7 Å². The van der Waals surface area contributed by atoms with E-state index in [1.807, 2.05) is 6.92 Å². The number of hydrogen-bond acceptors (Lipinski definition) is 5. The second kappa shape index (κ2) is 9.32. The third-order valence-corrected chi connectivity index (χ3v) is 4.48. The van der Waals surface area contributed by atoms with Crippen LogP contribution in [0.3, 0.4) is 0 Å². The van der Waals surface area contributed by atoms with E-state index in [1.54, 1.807) is 14.2 Å². The van der Waals surface area contributed by atoms with E-state index in [0.717, 1.165) is 12.5 Å². The molecule has 0 saturated heterocycles. The van der Waals surface area contributed by atoms with Gasteiger partial charge in [0, 0.05) is 20.3 Å². The van der Waals surface area contributed by atoms with E-state index in [-0.39, 0.29) is 0 Å². The summed E-state index contributed by atoms with van der Waals surface area (Å²) in [4.78, 5) is 0. The molecule has 0 aromatic heterocycles. The van der Waals surface area contributed by atoms with Crippen molar-refractivity contribution < 1.29 is 13.3 Å². The molecule has 0 spiro atoms. The fourth-order valence-corrected chi connectivity index (χ4v) is 2.87. The standard InChI is InChI=1S/C6H18N2O3Si.C2H4/c1-4-5-12(9-2,10-3)11-6(7)8;1-2/h6H,4-5,7-8H2,1-3H3;1-2H2. The Morgan fingerprint density at radius 2 is 1.64 bits per heavy atom. The molecule has 0 bridgehead atoms. The zero-order valence-electron chi connectivity index (χ0n) is 9.29. The summed E-state index contributed by atoms with van der Waals surface area (Å²) < 4.78 is 15.6. The lowest BCUT2D eigenvalue weighted by Crippen LogP contribution is -2.51. The monoisotopic (exact) mass is 222 g/mol. The number of hydrogen-bond donors (Lipinski definition) is 2. The summed E-state index contributed by atoms with van der Waals surface area (Å²) >= 11 is 0. The van der Waals surface area contributed by atoms with Crippen molar-refractivity contribution in [2.24, 2.45) is 11.5 Å². The van der Waals surface area contributed by atoms with Gasteiger partial charge in [-0.1, -0.05) is 13.3 Å². The largest absolute Gasteiger partial charge is 0.502 e. The molecule has 0 rings (SSSR count). The topological polar surface area (TPSA) is 79.7 Å². The van der Waals surface area contributed by atoms with Gasteiger partial charge < -0.3 is 13.3 Å². The maximum absolute atomic E-state index is 5.29. The third-order valence-electron chi connectivity index (χ3n) is 1.49. The average Bonchev–Trinajstić information content (AvgIpc) is 2.19. The van der Waals surface area contributed by atoms with Gasteiger partial charge in [0.1, 0.15) is 0 Å². The molecular formula is C8H22N2O3Si. The summed E-state index contributed by atoms with van der Waals surface area (Å²) in [6, 6.07) is 0.727. The van der Waals surface area contributed by atoms with Gasteiger partial charge >= 0.3 is 8.80 Å². The van der Waals surface area contributed by atoms with Crippen molar-refractivity contribution in [1.82, 2.24) is 0 Å². The molecular weight excluding hydrogens is 200 g/mol. The van der Waals surface area contributed by atoms with Crippen LogP contribution in [0.25, 0.3) is 0 Å². The van der Waals surface area contributed by atoms with E-state index in [1.165, 1.54) is 0 Å². The van der Waals surface area contributed by atoms with Crippen LogP contribution < -0.4 is 11.5 Å². The zero-order chi connectivity index (χ0) is 11.6. The third kappa shape index (κ3) is 6.25. The SMILES string of the molecule is C=C.CCC[Si](OC)(OC)OC(N)N. The minimum Gasteiger partial charge on any atom is -0.377 e. The molecule has 0 saturated carbocycles. The summed E-state index contributed by atoms with van der Waals surface area (Å²) in [6.07, 6.45) is 0.0868. The molecule has 0 heterocycles. The van der Waals surface area contributed by atoms with Crippen LogP contribution in [0.5, 0.6) is 0 Å². The minimum atomic E-state index is -2.56. The second-order valence-electron chi connectivity index (χ2n) is 2.42. The first-order valence-corrected chi connectivity index (χ1v) is 6.32. The molecule has 0 aliphatic carbocycles. The number of rotatable bonds is 6. The summed E-state index contributed by atoms with van der Waals surface area (Å²) in [6.45, 7) is 8.02. The lowest BCUT2D eigenvalue weighted by molar-refractivity contribution is 0.0602. The molecule has 14 heavy (non-hydrogen) atoms. The van der Waals surface area contributed by atoms with Crippen LogP contribution in [0.2, 0.25) is 6.04 Å². The molecule has 4 N–H and O–H groups in total. The molecule has 0 aliphatic rings. The molecule has 0 fully saturated rings. The normalized spacial score (nSPS) is 11.0. The van der Waals surface area contributed by atoms with Gasteiger partial charge in [0.05, 0.1) is 0 Å². The van der Waals surface area contributed by atoms with Crippen molar-refractivity contribution in [2.75, 3.05) is 14.2 Å². The highest BCUT2D eigenvalue weighted by atomic mass is 28.4. The fraction of sp³-hybridized carbons (Fsp3) is 0.750. The molecule has 0 radical (unpaired) electrons. The Kier molecular flexibility index (Phi) is 10.8. The Bertz CT molecular complexity index is 132. The molecule has 0 aromatic rings. The lowest BCUT2D eigenvalue weighted by atomic mass is 10.6. The first-order valence-electron chi connectivity index (χ1n) is 4.39. The van der Waals surface area contributed by atoms with Crippen LogP contribution in [0, 0.1) is 0 Å². The van der Waals surface area contributed by atoms with E-state index in [0.29, 0.717) is 0 Å². The van der Waals surface area contributed by atoms with E-state index in [2.05, 4.69) is 13.2 Å². The Balaban J connectivity index is 0. The highest BCUT2D eigenvalue weighted by Crippen LogP contribution is 2.15. The molecule has 5 nitrogen and oxygen atoms in total. The van der Waals surface area contributed by atoms with Crippen molar-refractivity contribution in [3.63, 3.8) is 0 Å². The van der Waals surface area contributed by atoms with Crippen LogP contribution in [-0.2, 0) is 13.3 Å². The minimum absolute atomic E-state index is 0.727. The van der Waals surface area contributed by atoms with Crippen molar-refractivity contribution in [1.29, 1.82) is 0 Å². The molecule has 6 heteroatoms. The summed E-state index contributed by atoms with van der Waals surface area (Å²) in [7, 11) is 0.542. The molecule has 0 unspecified atom stereocenters. The van der Waals surface area contributed by atoms with Gasteiger partial charge in [-0.3, -0.25) is 11.5 Å². The van der Waals surface area contributed by atoms with Crippen LogP contribution in [-0.4, -0.2) is 29.4 Å². The van der Waals surface area contributed by atoms with Crippen LogP contribution in [0.1, 0.15) is 13.3 Å². The van der Waals surface area contributed by atoms with Gasteiger partial charge in [-0.15, -0.1) is 13.2 Å². The Hall–Kier alpha value is -0.243. The van der Waals surface area contributed by atoms with Gasteiger partial charge in [0.2, 0.25) is 0 Å². The van der Waals surface area contributed by atoms with Gasteiger partial charge in [-0.25, -0.2) is 0 Å². The fourth-order valence-electron chi connectivity index (χ4n) is 0.956. The zero-order valence-corrected chi connectivity index (χ0v) is 10.3. The predicted molar refractivity (Wildman–Crippen MR) is 59.4 cm³/mol. The second-order valence-corrected chi connectivity index (χ2v) is 5.34. The Morgan fingerprint density at radius 1 is 1.21 bits per heavy atom. The van der Waals surface area contributed by atoms with E-state index < -0.39 is 15.2 Å². The Morgan fingerprint density at radius 3 is 1.86 bits per heavy atom. The van der Waals surface area contributed by atoms with E-state index >= 15 is 0 Å². The molecule has 0 atom stereocenters. The highest BCUT2D eigenvalue weighted by Gasteiger charge is 2.39. The van der Waals surface area contributed by atoms with Crippen molar-refractivity contribution in [3.8, 4) is 0 Å². The summed E-state index contributed by atoms with van der Waals surface area (Å²) in [5.41, 5.74) is 10.6. The first kappa shape index (κ1) is 16.2. The summed E-state index contributed by atoms with van der Waals surface area (Å²) in [5, 5.41) is 0. The maximum atomic E-state index is 5.29. The maximum Gasteiger partial charge on any atom is 0.502 e. The lowest BCUT2D eigenvalue weighted by Gasteiger charge is -2.27. The van der Waals surface area contributed by atoms with Crippen LogP contribution in [0.4, 0.5) is 0 Å². The highest BCUT2D eigenvalue weighted by molar-refractivity contribution is 6.60. The molecule has 0 aliphatic heterocycles. The van der Waals surface area contributed by atoms with Gasteiger partial charge in [0.25, 0.3) is 0 Å². The van der Waals surface area contributed by atoms with Crippen molar-refractivity contribution in [3.05, 3.63) is 13.2 Å². The smallest absolute Gasteiger partial charge is 0.377 e. The quantitative estimate of drug-likeness (QED) is 0.392. The van der Waals surface area contributed by atoms with Gasteiger partial charge in [-0.05, 0) is 0 Å². The van der Waals surface area contributed by atoms with Crippen LogP contribution in [0.15, 0.2) is 13.2 Å². The van der Waals surface area contributed by atoms with Crippen molar-refractivity contribution >= 4 is 8.80 Å². The van der Waals surface area contributed by atoms with Gasteiger partial charge in [-0.2, -0.15) is 0 Å². The predicted octanol–water partition coefficient (Wildman–Crippen LogP) is 0.648. The van der Waals surface area contributed by atoms with E-state index in [9.17, 15) is 0 Å². The molecule has 86 valence electrons. The molecule has 0 aromatic carbocycles. The Labute approximate surface area is 87.4 Å². The van der Waals surface area contributed by atoms with Crippen LogP contribution >= 0.6 is 0 Å². The average molecular weight is 222 g/mol. The molecule has 0 amide bonds. The number of nitrogens with two attached hydrogens (primary N) is 2.